The Morgan fingerprint density at radius 2 is 2.03 bits per heavy atom. The number of ether oxygens (including phenoxy) is 3. The molecule has 1 saturated heterocycles. The number of aliphatic imine (C=N–C) groups is 1. The summed E-state index contributed by atoms with van der Waals surface area (Å²) >= 11 is 0. The van der Waals surface area contributed by atoms with Gasteiger partial charge < -0.3 is 24.4 Å². The number of halogens is 2. The van der Waals surface area contributed by atoms with E-state index >= 15 is 0 Å². The van der Waals surface area contributed by atoms with Crippen LogP contribution in [0.1, 0.15) is 25.3 Å². The second-order valence-electron chi connectivity index (χ2n) is 6.60. The maximum Gasteiger partial charge on any atom is 0.387 e. The van der Waals surface area contributed by atoms with Crippen molar-refractivity contribution in [3.8, 4) is 11.5 Å². The molecule has 0 saturated carbocycles. The highest BCUT2D eigenvalue weighted by Crippen LogP contribution is 2.29. The molecule has 7 nitrogen and oxygen atoms in total. The first-order chi connectivity index (χ1) is 14.0. The zero-order valence-corrected chi connectivity index (χ0v) is 17.1. The molecule has 0 radical (unpaired) electrons. The minimum Gasteiger partial charge on any atom is -0.493 e. The second kappa shape index (κ2) is 11.4. The van der Waals surface area contributed by atoms with E-state index in [0.717, 1.165) is 37.5 Å². The van der Waals surface area contributed by atoms with Crippen LogP contribution >= 0.6 is 0 Å². The molecule has 1 heterocycles. The van der Waals surface area contributed by atoms with Crippen molar-refractivity contribution in [2.45, 2.75) is 32.8 Å². The number of piperidine rings is 1. The lowest BCUT2D eigenvalue weighted by Gasteiger charge is -2.33. The van der Waals surface area contributed by atoms with Crippen molar-refractivity contribution >= 4 is 11.9 Å². The summed E-state index contributed by atoms with van der Waals surface area (Å²) in [6.45, 7) is 1.32. The second-order valence-corrected chi connectivity index (χ2v) is 6.60. The van der Waals surface area contributed by atoms with E-state index in [9.17, 15) is 13.6 Å². The van der Waals surface area contributed by atoms with Crippen molar-refractivity contribution in [2.75, 3.05) is 40.4 Å². The van der Waals surface area contributed by atoms with Gasteiger partial charge in [-0.25, -0.2) is 0 Å². The fraction of sp³-hybridized carbons (Fsp3) is 0.600. The number of rotatable bonds is 8. The topological polar surface area (TPSA) is 72.4 Å². The fourth-order valence-corrected chi connectivity index (χ4v) is 3.30. The van der Waals surface area contributed by atoms with Gasteiger partial charge >= 0.3 is 12.6 Å². The number of carbonyl (C=O) groups is 1. The minimum absolute atomic E-state index is 0.0189. The Bertz CT molecular complexity index is 692. The molecular weight excluding hydrogens is 384 g/mol. The predicted octanol–water partition coefficient (Wildman–Crippen LogP) is 2.69. The SMILES string of the molecule is CCOC(=O)C1CCN(C(=NC)NCCc2ccc(OC)c(OC(F)F)c2)CC1. The van der Waals surface area contributed by atoms with Crippen LogP contribution in [0.15, 0.2) is 23.2 Å². The van der Waals surface area contributed by atoms with Gasteiger partial charge in [0.05, 0.1) is 19.6 Å². The van der Waals surface area contributed by atoms with Gasteiger partial charge in [0.15, 0.2) is 17.5 Å². The van der Waals surface area contributed by atoms with Crippen LogP contribution in [0, 0.1) is 5.92 Å². The van der Waals surface area contributed by atoms with Gasteiger partial charge in [-0.3, -0.25) is 9.79 Å². The number of methoxy groups -OCH3 is 1. The number of esters is 1. The maximum atomic E-state index is 12.6. The van der Waals surface area contributed by atoms with E-state index in [4.69, 9.17) is 9.47 Å². The Morgan fingerprint density at radius 1 is 1.31 bits per heavy atom. The summed E-state index contributed by atoms with van der Waals surface area (Å²) in [5, 5.41) is 3.29. The predicted molar refractivity (Wildman–Crippen MR) is 106 cm³/mol. The zero-order valence-electron chi connectivity index (χ0n) is 17.1. The van der Waals surface area contributed by atoms with Gasteiger partial charge in [0.1, 0.15) is 0 Å². The van der Waals surface area contributed by atoms with Crippen molar-refractivity contribution in [3.63, 3.8) is 0 Å². The lowest BCUT2D eigenvalue weighted by molar-refractivity contribution is -0.149. The molecule has 1 N–H and O–H groups in total. The Balaban J connectivity index is 1.85. The number of carbonyl (C=O) groups excluding carboxylic acids is 1. The number of nitrogens with zero attached hydrogens (tertiary/aromatic N) is 2. The van der Waals surface area contributed by atoms with Gasteiger partial charge in [-0.05, 0) is 43.9 Å². The van der Waals surface area contributed by atoms with Gasteiger partial charge in [-0.1, -0.05) is 6.07 Å². The third-order valence-corrected chi connectivity index (χ3v) is 4.77. The van der Waals surface area contributed by atoms with E-state index in [2.05, 4.69) is 19.9 Å². The molecule has 0 aromatic heterocycles. The number of hydrogen-bond donors (Lipinski definition) is 1. The van der Waals surface area contributed by atoms with Crippen molar-refractivity contribution in [1.82, 2.24) is 10.2 Å². The average Bonchev–Trinajstić information content (AvgIpc) is 2.71. The number of nitrogens with one attached hydrogen (secondary N) is 1. The van der Waals surface area contributed by atoms with Crippen molar-refractivity contribution in [2.24, 2.45) is 10.9 Å². The van der Waals surface area contributed by atoms with E-state index in [1.165, 1.54) is 7.11 Å². The normalized spacial score (nSPS) is 15.4. The van der Waals surface area contributed by atoms with Gasteiger partial charge in [0.25, 0.3) is 0 Å². The summed E-state index contributed by atoms with van der Waals surface area (Å²) < 4.78 is 39.8. The highest BCUT2D eigenvalue weighted by atomic mass is 19.3. The number of alkyl halides is 2. The molecule has 0 spiro atoms. The van der Waals surface area contributed by atoms with Gasteiger partial charge in [-0.15, -0.1) is 0 Å². The molecule has 1 aliphatic rings. The molecule has 0 bridgehead atoms. The van der Waals surface area contributed by atoms with Gasteiger partial charge in [0.2, 0.25) is 0 Å². The molecule has 9 heteroatoms. The number of benzene rings is 1. The minimum atomic E-state index is -2.91. The molecule has 1 aromatic rings. The lowest BCUT2D eigenvalue weighted by atomic mass is 9.97. The molecule has 162 valence electrons. The Labute approximate surface area is 170 Å². The molecule has 1 aromatic carbocycles. The first kappa shape index (κ1) is 22.7. The third kappa shape index (κ3) is 6.76. The van der Waals surface area contributed by atoms with Crippen molar-refractivity contribution in [1.29, 1.82) is 0 Å². The highest BCUT2D eigenvalue weighted by molar-refractivity contribution is 5.80. The summed E-state index contributed by atoms with van der Waals surface area (Å²) in [7, 11) is 3.12. The quantitative estimate of drug-likeness (QED) is 0.401. The van der Waals surface area contributed by atoms with Gasteiger partial charge in [0, 0.05) is 26.7 Å². The van der Waals surface area contributed by atoms with Crippen LogP contribution in [0.4, 0.5) is 8.78 Å². The van der Waals surface area contributed by atoms with Crippen LogP contribution in [-0.4, -0.2) is 63.8 Å². The van der Waals surface area contributed by atoms with Crippen LogP contribution in [0.2, 0.25) is 0 Å². The largest absolute Gasteiger partial charge is 0.493 e. The fourth-order valence-electron chi connectivity index (χ4n) is 3.30. The van der Waals surface area contributed by atoms with E-state index in [0.29, 0.717) is 19.6 Å². The molecule has 0 atom stereocenters. The van der Waals surface area contributed by atoms with Crippen LogP contribution in [-0.2, 0) is 16.0 Å². The summed E-state index contributed by atoms with van der Waals surface area (Å²) in [6.07, 6.45) is 2.06. The Morgan fingerprint density at radius 3 is 2.62 bits per heavy atom. The molecule has 29 heavy (non-hydrogen) atoms. The van der Waals surface area contributed by atoms with E-state index < -0.39 is 6.61 Å². The summed E-state index contributed by atoms with van der Waals surface area (Å²) in [4.78, 5) is 18.3. The van der Waals surface area contributed by atoms with Crippen LogP contribution in [0.25, 0.3) is 0 Å². The maximum absolute atomic E-state index is 12.6. The third-order valence-electron chi connectivity index (χ3n) is 4.77. The Kier molecular flexibility index (Phi) is 8.95. The first-order valence-corrected chi connectivity index (χ1v) is 9.72. The zero-order chi connectivity index (χ0) is 21.2. The van der Waals surface area contributed by atoms with E-state index in [-0.39, 0.29) is 23.4 Å². The average molecular weight is 413 g/mol. The first-order valence-electron chi connectivity index (χ1n) is 9.72. The lowest BCUT2D eigenvalue weighted by Crippen LogP contribution is -2.47. The number of guanidine groups is 1. The van der Waals surface area contributed by atoms with Gasteiger partial charge in [-0.2, -0.15) is 8.78 Å². The molecule has 0 aliphatic carbocycles. The molecular formula is C20H29F2N3O4. The van der Waals surface area contributed by atoms with E-state index in [1.54, 1.807) is 19.2 Å². The number of hydrogen-bond acceptors (Lipinski definition) is 5. The smallest absolute Gasteiger partial charge is 0.387 e. The van der Waals surface area contributed by atoms with E-state index in [1.807, 2.05) is 13.0 Å². The van der Waals surface area contributed by atoms with Crippen LogP contribution in [0.3, 0.4) is 0 Å². The van der Waals surface area contributed by atoms with Crippen LogP contribution in [0.5, 0.6) is 11.5 Å². The Hall–Kier alpha value is -2.58. The highest BCUT2D eigenvalue weighted by Gasteiger charge is 2.27. The molecule has 1 fully saturated rings. The summed E-state index contributed by atoms with van der Waals surface area (Å²) in [6, 6.07) is 4.98. The molecule has 0 amide bonds. The summed E-state index contributed by atoms with van der Waals surface area (Å²) in [5.74, 6) is 0.853. The summed E-state index contributed by atoms with van der Waals surface area (Å²) in [5.41, 5.74) is 0.838. The van der Waals surface area contributed by atoms with Crippen LogP contribution < -0.4 is 14.8 Å². The standard InChI is InChI=1S/C20H29F2N3O4/c1-4-28-18(26)15-8-11-25(12-9-15)20(23-2)24-10-7-14-5-6-16(27-3)17(13-14)29-19(21)22/h5-6,13,15,19H,4,7-12H2,1-3H3,(H,23,24). The van der Waals surface area contributed by atoms with Crippen molar-refractivity contribution in [3.05, 3.63) is 23.8 Å². The molecule has 1 aliphatic heterocycles. The monoisotopic (exact) mass is 413 g/mol. The molecule has 2 rings (SSSR count). The van der Waals surface area contributed by atoms with Crippen molar-refractivity contribution < 1.29 is 27.8 Å². The number of likely N-dealkylation sites (tertiary alicyclic amines) is 1. The molecule has 0 unspecified atom stereocenters.